The highest BCUT2D eigenvalue weighted by Crippen LogP contribution is 2.51. The molecule has 0 amide bonds. The molecule has 30 heteroatoms. The van der Waals surface area contributed by atoms with E-state index in [1.807, 2.05) is 168 Å². The third-order valence-corrected chi connectivity index (χ3v) is 24.7. The van der Waals surface area contributed by atoms with Crippen molar-refractivity contribution in [1.29, 1.82) is 0 Å². The van der Waals surface area contributed by atoms with E-state index in [4.69, 9.17) is 58.2 Å². The molecule has 9 aromatic carbocycles. The van der Waals surface area contributed by atoms with Gasteiger partial charge in [0.05, 0.1) is 87.7 Å². The lowest BCUT2D eigenvalue weighted by Gasteiger charge is -2.30. The van der Waals surface area contributed by atoms with E-state index in [9.17, 15) is 58.7 Å². The number of rotatable bonds is 22. The largest absolute Gasteiger partial charge is 0.573 e. The van der Waals surface area contributed by atoms with Gasteiger partial charge in [0, 0.05) is 105 Å². The normalized spacial score (nSPS) is 13.9. The fourth-order valence-corrected chi connectivity index (χ4v) is 18.7. The molecule has 23 nitrogen and oxygen atoms in total. The van der Waals surface area contributed by atoms with Crippen molar-refractivity contribution in [3.05, 3.63) is 288 Å². The highest BCUT2D eigenvalue weighted by atomic mass is 32.2. The van der Waals surface area contributed by atoms with Gasteiger partial charge in [-0.15, -0.1) is 26.3 Å². The Morgan fingerprint density at radius 2 is 0.818 bits per heavy atom. The van der Waals surface area contributed by atoms with Crippen LogP contribution in [0, 0.1) is 20.8 Å². The van der Waals surface area contributed by atoms with E-state index < -0.39 is 57.9 Å². The Morgan fingerprint density at radius 1 is 0.438 bits per heavy atom. The number of aromatic nitrogens is 6. The number of halogens is 6. The number of benzene rings is 9. The van der Waals surface area contributed by atoms with Gasteiger partial charge in [-0.3, -0.25) is 38.9 Å². The van der Waals surface area contributed by atoms with Crippen LogP contribution in [0.4, 0.5) is 26.3 Å². The maximum atomic E-state index is 13.4. The number of pyridine rings is 6. The van der Waals surface area contributed by atoms with E-state index >= 15 is 0 Å². The zero-order valence-corrected chi connectivity index (χ0v) is 78.9. The first kappa shape index (κ1) is 96.3. The summed E-state index contributed by atoms with van der Waals surface area (Å²) in [7, 11) is -3.78. The van der Waals surface area contributed by atoms with Crippen molar-refractivity contribution in [3.63, 3.8) is 0 Å². The van der Waals surface area contributed by atoms with E-state index in [0.29, 0.717) is 103 Å². The molecule has 15 aromatic rings. The zero-order chi connectivity index (χ0) is 98.0. The Balaban J connectivity index is 0.000000149. The number of alkyl halides is 6. The fraction of sp³-hybridized carbons (Fsp3) is 0.299. The van der Waals surface area contributed by atoms with Crippen molar-refractivity contribution >= 4 is 92.8 Å². The smallest absolute Gasteiger partial charge is 0.493 e. The average molecular weight is 1890 g/mol. The summed E-state index contributed by atoms with van der Waals surface area (Å²) in [5.41, 5.74) is 15.6. The number of sulfonamides is 1. The summed E-state index contributed by atoms with van der Waals surface area (Å²) >= 11 is 0. The molecule has 0 bridgehead atoms. The summed E-state index contributed by atoms with van der Waals surface area (Å²) in [6.07, 6.45) is -4.74. The average Bonchev–Trinajstić information content (AvgIpc) is 0.731. The standard InChI is InChI=1S/2C36H33F3N2O5.C35H35N3O6S/c1-20-18-27-25(11-13-29(43)41(27)19-22-6-8-24(9-7-22)45-36(37,38)39)32(30(20)34(21(2)42)46-35(3,4)5)26-10-12-28-31-23(15-17-44-28)14-16-40-33(26)31;1-20-17-27-25(10-12-29(43)41(27)19-22-7-6-8-24(18-22)45-36(37,38)39)32(30(20)34(21(2)42)46-35(3,4)5)26-9-11-28-31-23(14-16-44-28)13-15-40-33(26)31;1-20-18-27-25(11-13-29(38-27)43-19-22-6-8-24(9-7-22)45(36,40)41)32(30(20)34(21(2)39)44-35(3,4)5)26-10-12-28-31-23(15-17-42-28)14-16-37-33(26)31/h6-14,16,18,34H,15,17,19H2,1-5H3;6-13,15,17-18,34H,14,16,19H2,1-5H3;6-14,16,18,34H,15,17,19H2,1-5H3,(H2,36,40,41). The molecular formula is C107H101F6N7O16S. The van der Waals surface area contributed by atoms with Crippen molar-refractivity contribution in [2.75, 3.05) is 19.8 Å². The Hall–Kier alpha value is -13.8. The quantitative estimate of drug-likeness (QED) is 0.0617. The van der Waals surface area contributed by atoms with Gasteiger partial charge in [-0.05, 0) is 315 Å². The van der Waals surface area contributed by atoms with Gasteiger partial charge in [0.25, 0.3) is 11.1 Å². The maximum Gasteiger partial charge on any atom is 0.573 e. The van der Waals surface area contributed by atoms with Crippen LogP contribution in [0.25, 0.3) is 98.8 Å². The number of carbonyl (C=O) groups is 3. The van der Waals surface area contributed by atoms with Crippen LogP contribution in [0.15, 0.2) is 215 Å². The molecule has 3 unspecified atom stereocenters. The zero-order valence-electron chi connectivity index (χ0n) is 78.1. The molecule has 3 aliphatic rings. The second-order valence-electron chi connectivity index (χ2n) is 37.3. The molecule has 137 heavy (non-hydrogen) atoms. The molecule has 0 fully saturated rings. The summed E-state index contributed by atoms with van der Waals surface area (Å²) in [6.45, 7) is 29.4. The van der Waals surface area contributed by atoms with Crippen molar-refractivity contribution in [3.8, 4) is 68.0 Å². The molecule has 0 spiro atoms. The monoisotopic (exact) mass is 1890 g/mol. The molecule has 708 valence electrons. The number of nitrogens with two attached hydrogens (primary N) is 1. The number of aryl methyl sites for hydroxylation is 3. The van der Waals surface area contributed by atoms with E-state index in [0.717, 1.165) is 119 Å². The number of primary sulfonamides is 1. The SMILES string of the molecule is CC(=O)C(OC(C)(C)C)c1c(C)cc2c(ccc(=O)n2Cc2ccc(OC(F)(F)F)cc2)c1-c1ccc2c3c(ccnc13)CCO2.CC(=O)C(OC(C)(C)C)c1c(C)cc2c(ccc(=O)n2Cc2cccc(OC(F)(F)F)c2)c1-c1ccc2c3c(ccnc13)CCO2.CC(=O)C(OC(C)(C)C)c1c(C)cc2nc(OCc3ccc(S(N)(=O)=O)cc3)ccc2c1-c1ccc2c3c(ccnc13)CCO2. The number of hydrogen-bond donors (Lipinski definition) is 1. The predicted molar refractivity (Wildman–Crippen MR) is 512 cm³/mol. The van der Waals surface area contributed by atoms with E-state index in [1.165, 1.54) is 90.7 Å². The first-order valence-corrected chi connectivity index (χ1v) is 46.1. The molecule has 3 atom stereocenters. The summed E-state index contributed by atoms with van der Waals surface area (Å²) < 4.78 is 155. The molecule has 0 radical (unpaired) electrons. The summed E-state index contributed by atoms with van der Waals surface area (Å²) in [5.74, 6) is 1.45. The van der Waals surface area contributed by atoms with Crippen LogP contribution in [0.1, 0.15) is 168 Å². The molecule has 18 rings (SSSR count). The molecule has 9 heterocycles. The highest BCUT2D eigenvalue weighted by Gasteiger charge is 2.38. The second-order valence-corrected chi connectivity index (χ2v) is 38.8. The van der Waals surface area contributed by atoms with Gasteiger partial charge < -0.3 is 51.8 Å². The topological polar surface area (TPSA) is 290 Å². The summed E-state index contributed by atoms with van der Waals surface area (Å²) in [4.78, 5) is 85.9. The summed E-state index contributed by atoms with van der Waals surface area (Å²) in [5, 5.41) is 10.2. The van der Waals surface area contributed by atoms with Crippen molar-refractivity contribution in [2.24, 2.45) is 5.14 Å². The molecule has 0 saturated carbocycles. The number of fused-ring (bicyclic) bond motifs is 3. The van der Waals surface area contributed by atoms with Gasteiger partial charge in [-0.1, -0.05) is 36.4 Å². The first-order chi connectivity index (χ1) is 64.7. The molecule has 3 aliphatic heterocycles. The van der Waals surface area contributed by atoms with Gasteiger partial charge >= 0.3 is 12.7 Å². The lowest BCUT2D eigenvalue weighted by molar-refractivity contribution is -0.275. The maximum absolute atomic E-state index is 13.4. The molecule has 0 aliphatic carbocycles. The lowest BCUT2D eigenvalue weighted by atomic mass is 9.85. The number of ketones is 3. The molecule has 2 N–H and O–H groups in total. The summed E-state index contributed by atoms with van der Waals surface area (Å²) in [6, 6.07) is 50.5. The van der Waals surface area contributed by atoms with Crippen molar-refractivity contribution in [1.82, 2.24) is 29.1 Å². The lowest BCUT2D eigenvalue weighted by Crippen LogP contribution is -2.27. The van der Waals surface area contributed by atoms with Gasteiger partial charge in [-0.25, -0.2) is 18.5 Å². The second kappa shape index (κ2) is 37.7. The van der Waals surface area contributed by atoms with E-state index in [1.54, 1.807) is 60.3 Å². The molecule has 6 aromatic heterocycles. The Kier molecular flexibility index (Phi) is 26.5. The molecule has 0 saturated heterocycles. The molecular weight excluding hydrogens is 1790 g/mol. The van der Waals surface area contributed by atoms with Crippen LogP contribution < -0.4 is 44.7 Å². The van der Waals surface area contributed by atoms with E-state index in [-0.39, 0.29) is 64.6 Å². The highest BCUT2D eigenvalue weighted by molar-refractivity contribution is 7.89. The van der Waals surface area contributed by atoms with Gasteiger partial charge in [0.15, 0.2) is 17.3 Å². The Labute approximate surface area is 785 Å². The first-order valence-electron chi connectivity index (χ1n) is 44.6. The van der Waals surface area contributed by atoms with Crippen LogP contribution in [-0.4, -0.2) is 104 Å². The third kappa shape index (κ3) is 21.0. The minimum absolute atomic E-state index is 0.0198. The third-order valence-electron chi connectivity index (χ3n) is 23.7. The number of nitrogens with zero attached hydrogens (tertiary/aromatic N) is 6. The minimum atomic E-state index is -4.85. The Morgan fingerprint density at radius 3 is 1.21 bits per heavy atom. The van der Waals surface area contributed by atoms with E-state index in [2.05, 4.69) is 9.47 Å². The number of Topliss-reactive ketones (excluding diaryl/α,β-unsaturated/α-hetero) is 3. The number of hydrogen-bond acceptors (Lipinski definition) is 20. The van der Waals surface area contributed by atoms with Crippen molar-refractivity contribution in [2.45, 2.75) is 196 Å². The van der Waals surface area contributed by atoms with Crippen LogP contribution in [0.5, 0.6) is 34.6 Å². The van der Waals surface area contributed by atoms with Crippen LogP contribution in [0.3, 0.4) is 0 Å². The van der Waals surface area contributed by atoms with Crippen molar-refractivity contribution < 1.29 is 91.8 Å². The van der Waals surface area contributed by atoms with Crippen LogP contribution >= 0.6 is 0 Å². The van der Waals surface area contributed by atoms with Gasteiger partial charge in [0.1, 0.15) is 53.7 Å². The predicted octanol–water partition coefficient (Wildman–Crippen LogP) is 22.1. The van der Waals surface area contributed by atoms with Crippen LogP contribution in [0.2, 0.25) is 0 Å². The number of ether oxygens (including phenoxy) is 9. The minimum Gasteiger partial charge on any atom is -0.493 e. The van der Waals surface area contributed by atoms with Crippen LogP contribution in [-0.2, 0) is 77.6 Å². The van der Waals surface area contributed by atoms with Gasteiger partial charge in [0.2, 0.25) is 15.9 Å². The van der Waals surface area contributed by atoms with Gasteiger partial charge in [-0.2, -0.15) is 0 Å². The Bertz CT molecular complexity index is 7560. The fourth-order valence-electron chi connectivity index (χ4n) is 18.2. The number of carbonyl (C=O) groups excluding carboxylic acids is 3.